The lowest BCUT2D eigenvalue weighted by Gasteiger charge is -2.45. The highest BCUT2D eigenvalue weighted by Gasteiger charge is 2.31. The van der Waals surface area contributed by atoms with Crippen molar-refractivity contribution in [1.29, 1.82) is 0 Å². The van der Waals surface area contributed by atoms with Gasteiger partial charge >= 0.3 is 0 Å². The molecule has 1 aliphatic carbocycles. The number of nitrogens with zero attached hydrogens (tertiary/aromatic N) is 2. The van der Waals surface area contributed by atoms with Crippen LogP contribution in [0.15, 0.2) is 18.2 Å². The van der Waals surface area contributed by atoms with E-state index < -0.39 is 11.6 Å². The third-order valence-corrected chi connectivity index (χ3v) is 5.56. The summed E-state index contributed by atoms with van der Waals surface area (Å²) in [6.45, 7) is 3.68. The first-order valence-corrected chi connectivity index (χ1v) is 9.20. The van der Waals surface area contributed by atoms with Gasteiger partial charge in [-0.05, 0) is 37.0 Å². The molecule has 1 atom stereocenters. The van der Waals surface area contributed by atoms with Crippen LogP contribution in [0.5, 0.6) is 0 Å². The molecule has 5 heteroatoms. The second-order valence-electron chi connectivity index (χ2n) is 7.17. The maximum atomic E-state index is 13.4. The third kappa shape index (κ3) is 4.32. The van der Waals surface area contributed by atoms with Crippen LogP contribution < -0.4 is 0 Å². The zero-order chi connectivity index (χ0) is 16.9. The van der Waals surface area contributed by atoms with Gasteiger partial charge in [-0.15, -0.1) is 0 Å². The van der Waals surface area contributed by atoms with E-state index in [0.29, 0.717) is 12.6 Å². The topological polar surface area (TPSA) is 26.7 Å². The lowest BCUT2D eigenvalue weighted by Crippen LogP contribution is -2.56. The smallest absolute Gasteiger partial charge is 0.159 e. The van der Waals surface area contributed by atoms with Crippen LogP contribution in [0.25, 0.3) is 0 Å². The number of aliphatic hydroxyl groups excluding tert-OH is 1. The molecule has 1 heterocycles. The van der Waals surface area contributed by atoms with E-state index in [9.17, 15) is 13.9 Å². The van der Waals surface area contributed by atoms with E-state index in [1.165, 1.54) is 44.2 Å². The van der Waals surface area contributed by atoms with E-state index in [0.717, 1.165) is 31.6 Å². The van der Waals surface area contributed by atoms with Crippen LogP contribution in [0.2, 0.25) is 0 Å². The Morgan fingerprint density at radius 1 is 1.04 bits per heavy atom. The van der Waals surface area contributed by atoms with Gasteiger partial charge in [-0.25, -0.2) is 8.78 Å². The number of hydrogen-bond acceptors (Lipinski definition) is 3. The quantitative estimate of drug-likeness (QED) is 0.893. The minimum atomic E-state index is -0.798. The van der Waals surface area contributed by atoms with Gasteiger partial charge in [-0.1, -0.05) is 25.3 Å². The van der Waals surface area contributed by atoms with Gasteiger partial charge in [-0.3, -0.25) is 9.80 Å². The zero-order valence-electron chi connectivity index (χ0n) is 14.3. The number of halogens is 2. The molecule has 1 aromatic rings. The summed E-state index contributed by atoms with van der Waals surface area (Å²) in [5.74, 6) is -1.58. The van der Waals surface area contributed by atoms with Crippen molar-refractivity contribution >= 4 is 0 Å². The van der Waals surface area contributed by atoms with Crippen LogP contribution in [-0.4, -0.2) is 53.2 Å². The van der Waals surface area contributed by atoms with Crippen molar-refractivity contribution in [1.82, 2.24) is 9.80 Å². The Bertz CT molecular complexity index is 534. The number of aliphatic hydroxyl groups is 1. The molecule has 1 saturated carbocycles. The standard InChI is InChI=1S/C19H28F2N2O/c20-18-7-6-15(12-19(18)21)13-22-9-10-23(14-17(22)8-11-24)16-4-2-1-3-5-16/h6-7,12,16-17,24H,1-5,8-11,13-14H2/t17-/m0/s1. The predicted octanol–water partition coefficient (Wildman–Crippen LogP) is 3.17. The van der Waals surface area contributed by atoms with Crippen LogP contribution in [0.1, 0.15) is 44.1 Å². The van der Waals surface area contributed by atoms with E-state index in [2.05, 4.69) is 9.80 Å². The Balaban J connectivity index is 1.63. The first kappa shape index (κ1) is 17.8. The van der Waals surface area contributed by atoms with Crippen LogP contribution in [0, 0.1) is 11.6 Å². The van der Waals surface area contributed by atoms with Gasteiger partial charge in [0.1, 0.15) is 0 Å². The van der Waals surface area contributed by atoms with E-state index in [1.807, 2.05) is 0 Å². The number of hydrogen-bond donors (Lipinski definition) is 1. The summed E-state index contributed by atoms with van der Waals surface area (Å²) in [7, 11) is 0. The van der Waals surface area contributed by atoms with Gasteiger partial charge in [0.05, 0.1) is 0 Å². The van der Waals surface area contributed by atoms with Crippen LogP contribution >= 0.6 is 0 Å². The molecule has 1 aromatic carbocycles. The minimum Gasteiger partial charge on any atom is -0.396 e. The first-order valence-electron chi connectivity index (χ1n) is 9.20. The molecule has 0 unspecified atom stereocenters. The fourth-order valence-corrected chi connectivity index (χ4v) is 4.20. The van der Waals surface area contributed by atoms with Gasteiger partial charge in [0.15, 0.2) is 11.6 Å². The van der Waals surface area contributed by atoms with Gasteiger partial charge < -0.3 is 5.11 Å². The average Bonchev–Trinajstić information content (AvgIpc) is 2.61. The summed E-state index contributed by atoms with van der Waals surface area (Å²) in [4.78, 5) is 4.89. The van der Waals surface area contributed by atoms with Crippen molar-refractivity contribution in [3.8, 4) is 0 Å². The molecule has 134 valence electrons. The fraction of sp³-hybridized carbons (Fsp3) is 0.684. The Labute approximate surface area is 143 Å². The summed E-state index contributed by atoms with van der Waals surface area (Å²) < 4.78 is 26.5. The first-order chi connectivity index (χ1) is 11.7. The lowest BCUT2D eigenvalue weighted by atomic mass is 9.92. The summed E-state index contributed by atoms with van der Waals surface area (Å²) in [6, 6.07) is 5.11. The fourth-order valence-electron chi connectivity index (χ4n) is 4.20. The molecule has 0 amide bonds. The number of rotatable bonds is 5. The molecule has 1 saturated heterocycles. The average molecular weight is 338 g/mol. The van der Waals surface area contributed by atoms with Crippen molar-refractivity contribution in [2.24, 2.45) is 0 Å². The zero-order valence-corrected chi connectivity index (χ0v) is 14.3. The van der Waals surface area contributed by atoms with Crippen molar-refractivity contribution in [2.45, 2.75) is 57.2 Å². The third-order valence-electron chi connectivity index (χ3n) is 5.56. The molecule has 3 rings (SSSR count). The van der Waals surface area contributed by atoms with E-state index in [-0.39, 0.29) is 12.6 Å². The van der Waals surface area contributed by atoms with Crippen molar-refractivity contribution in [2.75, 3.05) is 26.2 Å². The highest BCUT2D eigenvalue weighted by molar-refractivity contribution is 5.18. The van der Waals surface area contributed by atoms with Gasteiger partial charge in [-0.2, -0.15) is 0 Å². The predicted molar refractivity (Wildman–Crippen MR) is 90.7 cm³/mol. The minimum absolute atomic E-state index is 0.164. The van der Waals surface area contributed by atoms with Gasteiger partial charge in [0.2, 0.25) is 0 Å². The van der Waals surface area contributed by atoms with E-state index >= 15 is 0 Å². The van der Waals surface area contributed by atoms with Crippen LogP contribution in [0.4, 0.5) is 8.78 Å². The molecular formula is C19H28F2N2O. The maximum absolute atomic E-state index is 13.4. The monoisotopic (exact) mass is 338 g/mol. The largest absolute Gasteiger partial charge is 0.396 e. The summed E-state index contributed by atoms with van der Waals surface area (Å²) in [5, 5.41) is 9.42. The molecule has 0 aromatic heterocycles. The molecular weight excluding hydrogens is 310 g/mol. The molecule has 0 bridgehead atoms. The van der Waals surface area contributed by atoms with Crippen molar-refractivity contribution < 1.29 is 13.9 Å². The number of piperazine rings is 1. The van der Waals surface area contributed by atoms with Crippen molar-refractivity contribution in [3.63, 3.8) is 0 Å². The molecule has 2 fully saturated rings. The Kier molecular flexibility index (Phi) is 6.19. The Morgan fingerprint density at radius 3 is 2.54 bits per heavy atom. The normalized spacial score (nSPS) is 24.4. The second-order valence-corrected chi connectivity index (χ2v) is 7.17. The number of benzene rings is 1. The molecule has 2 aliphatic rings. The lowest BCUT2D eigenvalue weighted by molar-refractivity contribution is 0.0221. The van der Waals surface area contributed by atoms with Crippen LogP contribution in [0.3, 0.4) is 0 Å². The highest BCUT2D eigenvalue weighted by atomic mass is 19.2. The summed E-state index contributed by atoms with van der Waals surface area (Å²) in [5.41, 5.74) is 0.794. The van der Waals surface area contributed by atoms with E-state index in [1.54, 1.807) is 6.07 Å². The highest BCUT2D eigenvalue weighted by Crippen LogP contribution is 2.26. The van der Waals surface area contributed by atoms with Crippen molar-refractivity contribution in [3.05, 3.63) is 35.4 Å². The molecule has 1 aliphatic heterocycles. The van der Waals surface area contributed by atoms with Crippen LogP contribution in [-0.2, 0) is 6.54 Å². The molecule has 1 N–H and O–H groups in total. The maximum Gasteiger partial charge on any atom is 0.159 e. The van der Waals surface area contributed by atoms with E-state index in [4.69, 9.17) is 0 Å². The molecule has 3 nitrogen and oxygen atoms in total. The molecule has 0 spiro atoms. The van der Waals surface area contributed by atoms with Gasteiger partial charge in [0, 0.05) is 44.9 Å². The molecule has 0 radical (unpaired) electrons. The summed E-state index contributed by atoms with van der Waals surface area (Å²) >= 11 is 0. The Morgan fingerprint density at radius 2 is 1.83 bits per heavy atom. The molecule has 24 heavy (non-hydrogen) atoms. The Hall–Kier alpha value is -1.04. The van der Waals surface area contributed by atoms with Gasteiger partial charge in [0.25, 0.3) is 0 Å². The summed E-state index contributed by atoms with van der Waals surface area (Å²) in [6.07, 6.45) is 7.30. The SMILES string of the molecule is OCC[C@H]1CN(C2CCCCC2)CCN1Cc1ccc(F)c(F)c1. The second kappa shape index (κ2) is 8.37.